The third kappa shape index (κ3) is 1.05. The van der Waals surface area contributed by atoms with Crippen molar-refractivity contribution in [3.05, 3.63) is 35.4 Å². The van der Waals surface area contributed by atoms with E-state index in [9.17, 15) is 0 Å². The molecule has 0 aromatic heterocycles. The van der Waals surface area contributed by atoms with E-state index in [1.54, 1.807) is 0 Å². The molecule has 2 atom stereocenters. The van der Waals surface area contributed by atoms with E-state index in [1.165, 1.54) is 22.3 Å². The minimum atomic E-state index is -0.0803. The maximum absolute atomic E-state index is 9.16. The van der Waals surface area contributed by atoms with Crippen molar-refractivity contribution >= 4 is 11.1 Å². The number of hydrogen-bond acceptors (Lipinski definition) is 2. The van der Waals surface area contributed by atoms with Gasteiger partial charge in [-0.2, -0.15) is 10.5 Å². The first-order valence-corrected chi connectivity index (χ1v) is 5.47. The second kappa shape index (κ2) is 3.22. The molecule has 1 aromatic carbocycles. The zero-order valence-corrected chi connectivity index (χ0v) is 8.77. The van der Waals surface area contributed by atoms with Crippen LogP contribution in [0.25, 0.3) is 11.1 Å². The smallest absolute Gasteiger partial charge is 0.0734 e. The molecule has 2 nitrogen and oxygen atoms in total. The molecule has 0 bridgehead atoms. The van der Waals surface area contributed by atoms with Crippen LogP contribution in [0.4, 0.5) is 0 Å². The van der Waals surface area contributed by atoms with Gasteiger partial charge in [0, 0.05) is 0 Å². The summed E-state index contributed by atoms with van der Waals surface area (Å²) in [7, 11) is 0. The molecule has 0 saturated carbocycles. The van der Waals surface area contributed by atoms with Crippen LogP contribution in [-0.2, 0) is 0 Å². The molecular formula is C14H10N2. The van der Waals surface area contributed by atoms with Crippen LogP contribution in [0.15, 0.2) is 24.3 Å². The van der Waals surface area contributed by atoms with E-state index in [4.69, 9.17) is 10.5 Å². The summed E-state index contributed by atoms with van der Waals surface area (Å²) in [5, 5.41) is 18.2. The van der Waals surface area contributed by atoms with Gasteiger partial charge in [-0.15, -0.1) is 0 Å². The van der Waals surface area contributed by atoms with E-state index < -0.39 is 0 Å². The number of hydrogen-bond donors (Lipinski definition) is 0. The molecule has 0 aliphatic heterocycles. The van der Waals surface area contributed by atoms with Crippen LogP contribution < -0.4 is 0 Å². The Hall–Kier alpha value is -2.06. The van der Waals surface area contributed by atoms with Crippen molar-refractivity contribution in [2.75, 3.05) is 0 Å². The summed E-state index contributed by atoms with van der Waals surface area (Å²) in [5.41, 5.74) is 4.92. The van der Waals surface area contributed by atoms with Crippen LogP contribution in [-0.4, -0.2) is 0 Å². The van der Waals surface area contributed by atoms with Gasteiger partial charge in [-0.1, -0.05) is 24.3 Å². The fourth-order valence-corrected chi connectivity index (χ4v) is 2.79. The topological polar surface area (TPSA) is 47.6 Å². The van der Waals surface area contributed by atoms with Crippen LogP contribution in [0.1, 0.15) is 24.0 Å². The predicted octanol–water partition coefficient (Wildman–Crippen LogP) is 2.98. The third-order valence-electron chi connectivity index (χ3n) is 3.53. The molecule has 0 fully saturated rings. The molecular weight excluding hydrogens is 196 g/mol. The van der Waals surface area contributed by atoms with E-state index in [2.05, 4.69) is 24.3 Å². The van der Waals surface area contributed by atoms with Gasteiger partial charge in [0.25, 0.3) is 0 Å². The van der Waals surface area contributed by atoms with E-state index in [0.717, 1.165) is 6.42 Å². The summed E-state index contributed by atoms with van der Waals surface area (Å²) < 4.78 is 0. The summed E-state index contributed by atoms with van der Waals surface area (Å²) in [5.74, 6) is -0.0694. The summed E-state index contributed by atoms with van der Waals surface area (Å²) in [4.78, 5) is 0. The zero-order chi connectivity index (χ0) is 11.1. The van der Waals surface area contributed by atoms with E-state index in [-0.39, 0.29) is 11.8 Å². The van der Waals surface area contributed by atoms with Crippen LogP contribution in [0.5, 0.6) is 0 Å². The van der Waals surface area contributed by atoms with Crippen molar-refractivity contribution < 1.29 is 0 Å². The molecule has 2 aliphatic carbocycles. The lowest BCUT2D eigenvalue weighted by Gasteiger charge is -2.36. The number of benzene rings is 1. The van der Waals surface area contributed by atoms with Gasteiger partial charge in [0.15, 0.2) is 0 Å². The quantitative estimate of drug-likeness (QED) is 0.655. The van der Waals surface area contributed by atoms with Crippen molar-refractivity contribution in [1.82, 2.24) is 0 Å². The molecule has 0 N–H and O–H groups in total. The fraction of sp³-hybridized carbons (Fsp3) is 0.286. The maximum atomic E-state index is 9.16. The molecule has 2 aliphatic rings. The lowest BCUT2D eigenvalue weighted by atomic mass is 9.66. The molecule has 76 valence electrons. The van der Waals surface area contributed by atoms with Gasteiger partial charge in [0.1, 0.15) is 0 Å². The molecule has 0 radical (unpaired) electrons. The normalized spacial score (nSPS) is 25.9. The molecule has 0 saturated heterocycles. The van der Waals surface area contributed by atoms with Gasteiger partial charge < -0.3 is 0 Å². The Kier molecular flexibility index (Phi) is 1.85. The molecule has 0 amide bonds. The van der Waals surface area contributed by atoms with Crippen molar-refractivity contribution in [2.45, 2.75) is 12.8 Å². The first-order valence-electron chi connectivity index (χ1n) is 5.47. The Balaban J connectivity index is 2.08. The zero-order valence-electron chi connectivity index (χ0n) is 8.77. The van der Waals surface area contributed by atoms with Crippen LogP contribution in [0.2, 0.25) is 0 Å². The standard InChI is InChI=1S/C14H10N2/c15-7-9-5-10(8-16)14-12-4-2-1-3-11(12)13(14)6-9/h1-4,9-10H,5-6H2. The summed E-state index contributed by atoms with van der Waals surface area (Å²) >= 11 is 0. The van der Waals surface area contributed by atoms with Gasteiger partial charge in [0.05, 0.1) is 24.0 Å². The molecule has 2 unspecified atom stereocenters. The van der Waals surface area contributed by atoms with Gasteiger partial charge in [-0.25, -0.2) is 0 Å². The minimum absolute atomic E-state index is 0.0109. The van der Waals surface area contributed by atoms with Crippen molar-refractivity contribution in [1.29, 1.82) is 10.5 Å². The molecule has 1 aromatic rings. The number of allylic oxidation sites excluding steroid dienone is 2. The largest absolute Gasteiger partial charge is 0.198 e. The van der Waals surface area contributed by atoms with Crippen molar-refractivity contribution in [2.24, 2.45) is 11.8 Å². The molecule has 16 heavy (non-hydrogen) atoms. The second-order valence-electron chi connectivity index (χ2n) is 4.39. The number of fused-ring (bicyclic) bond motifs is 3. The lowest BCUT2D eigenvalue weighted by Crippen LogP contribution is -2.22. The molecule has 2 heteroatoms. The number of nitriles is 2. The first-order chi connectivity index (χ1) is 7.85. The number of nitrogens with zero attached hydrogens (tertiary/aromatic N) is 2. The maximum Gasteiger partial charge on any atom is 0.0734 e. The third-order valence-corrected chi connectivity index (χ3v) is 3.53. The molecule has 3 rings (SSSR count). The Labute approximate surface area is 94.4 Å². The summed E-state index contributed by atoms with van der Waals surface area (Å²) in [6.07, 6.45) is 1.52. The van der Waals surface area contributed by atoms with Gasteiger partial charge in [0.2, 0.25) is 0 Å². The van der Waals surface area contributed by atoms with Gasteiger partial charge in [-0.05, 0) is 35.1 Å². The monoisotopic (exact) mass is 206 g/mol. The average molecular weight is 206 g/mol. The second-order valence-corrected chi connectivity index (χ2v) is 4.39. The van der Waals surface area contributed by atoms with E-state index in [1.807, 2.05) is 12.1 Å². The Morgan fingerprint density at radius 2 is 1.81 bits per heavy atom. The highest BCUT2D eigenvalue weighted by Crippen LogP contribution is 2.52. The Morgan fingerprint density at radius 1 is 1.06 bits per heavy atom. The Bertz CT molecular complexity index is 569. The van der Waals surface area contributed by atoms with Crippen molar-refractivity contribution in [3.63, 3.8) is 0 Å². The SMILES string of the molecule is N#CC1CC2=C(c3ccccc32)C(C#N)C1. The highest BCUT2D eigenvalue weighted by molar-refractivity contribution is 6.06. The van der Waals surface area contributed by atoms with Crippen molar-refractivity contribution in [3.8, 4) is 12.1 Å². The first kappa shape index (κ1) is 9.19. The van der Waals surface area contributed by atoms with E-state index in [0.29, 0.717) is 6.42 Å². The predicted molar refractivity (Wildman–Crippen MR) is 60.7 cm³/mol. The summed E-state index contributed by atoms with van der Waals surface area (Å²) in [6, 6.07) is 12.8. The number of rotatable bonds is 0. The Morgan fingerprint density at radius 3 is 2.50 bits per heavy atom. The molecule has 0 spiro atoms. The van der Waals surface area contributed by atoms with E-state index >= 15 is 0 Å². The molecule has 0 heterocycles. The highest BCUT2D eigenvalue weighted by Gasteiger charge is 2.37. The lowest BCUT2D eigenvalue weighted by molar-refractivity contribution is 0.550. The minimum Gasteiger partial charge on any atom is -0.198 e. The van der Waals surface area contributed by atoms with Gasteiger partial charge >= 0.3 is 0 Å². The highest BCUT2D eigenvalue weighted by atomic mass is 14.4. The van der Waals surface area contributed by atoms with Gasteiger partial charge in [-0.3, -0.25) is 0 Å². The fourth-order valence-electron chi connectivity index (χ4n) is 2.79. The van der Waals surface area contributed by atoms with Crippen LogP contribution in [0.3, 0.4) is 0 Å². The summed E-state index contributed by atoms with van der Waals surface area (Å²) in [6.45, 7) is 0. The average Bonchev–Trinajstić information content (AvgIpc) is 2.34. The van der Waals surface area contributed by atoms with Crippen LogP contribution >= 0.6 is 0 Å². The van der Waals surface area contributed by atoms with Crippen LogP contribution in [0, 0.1) is 34.5 Å².